The lowest BCUT2D eigenvalue weighted by Crippen LogP contribution is -2.23. The Labute approximate surface area is 120 Å². The number of allylic oxidation sites excluding steroid dienone is 2. The van der Waals surface area contributed by atoms with Gasteiger partial charge in [0.1, 0.15) is 0 Å². The van der Waals surface area contributed by atoms with E-state index in [4.69, 9.17) is 0 Å². The summed E-state index contributed by atoms with van der Waals surface area (Å²) >= 11 is 0. The van der Waals surface area contributed by atoms with Crippen LogP contribution >= 0.6 is 0 Å². The molecular weight excluding hydrogens is 244 g/mol. The van der Waals surface area contributed by atoms with Gasteiger partial charge in [-0.05, 0) is 30.5 Å². The predicted octanol–water partition coefficient (Wildman–Crippen LogP) is 4.47. The molecule has 1 heteroatoms. The van der Waals surface area contributed by atoms with E-state index >= 15 is 0 Å². The Hall–Kier alpha value is -2.15. The average Bonchev–Trinajstić information content (AvgIpc) is 2.48. The summed E-state index contributed by atoms with van der Waals surface area (Å²) in [4.78, 5) is 12.5. The van der Waals surface area contributed by atoms with Crippen molar-refractivity contribution < 1.29 is 4.79 Å². The van der Waals surface area contributed by atoms with Crippen molar-refractivity contribution in [2.45, 2.75) is 25.2 Å². The summed E-state index contributed by atoms with van der Waals surface area (Å²) in [5.74, 6) is 0.423. The molecule has 0 bridgehead atoms. The van der Waals surface area contributed by atoms with Gasteiger partial charge in [-0.25, -0.2) is 0 Å². The molecule has 2 unspecified atom stereocenters. The van der Waals surface area contributed by atoms with Crippen molar-refractivity contribution in [3.63, 3.8) is 0 Å². The van der Waals surface area contributed by atoms with Crippen molar-refractivity contribution in [1.82, 2.24) is 0 Å². The fraction of sp³-hybridized carbons (Fsp3) is 0.211. The third-order valence-electron chi connectivity index (χ3n) is 4.03. The van der Waals surface area contributed by atoms with Gasteiger partial charge in [0.2, 0.25) is 0 Å². The van der Waals surface area contributed by atoms with Crippen molar-refractivity contribution in [3.05, 3.63) is 83.4 Å². The molecule has 1 aliphatic carbocycles. The van der Waals surface area contributed by atoms with Gasteiger partial charge in [0.05, 0.1) is 5.92 Å². The van der Waals surface area contributed by atoms with E-state index in [0.717, 1.165) is 12.0 Å². The highest BCUT2D eigenvalue weighted by molar-refractivity contribution is 5.97. The maximum absolute atomic E-state index is 12.5. The molecule has 2 atom stereocenters. The van der Waals surface area contributed by atoms with Crippen molar-refractivity contribution in [3.8, 4) is 0 Å². The summed E-state index contributed by atoms with van der Waals surface area (Å²) < 4.78 is 0. The molecule has 0 N–H and O–H groups in total. The number of carbonyl (C=O) groups is 1. The van der Waals surface area contributed by atoms with Crippen molar-refractivity contribution in [1.29, 1.82) is 0 Å². The van der Waals surface area contributed by atoms with Crippen LogP contribution in [0.4, 0.5) is 0 Å². The first kappa shape index (κ1) is 12.9. The first-order valence-electron chi connectivity index (χ1n) is 7.06. The molecule has 0 spiro atoms. The van der Waals surface area contributed by atoms with Crippen LogP contribution in [-0.4, -0.2) is 5.78 Å². The molecule has 0 radical (unpaired) electrons. The minimum Gasteiger partial charge on any atom is -0.294 e. The Balaban J connectivity index is 2.06. The summed E-state index contributed by atoms with van der Waals surface area (Å²) in [5, 5.41) is 0. The van der Waals surface area contributed by atoms with Gasteiger partial charge in [0.15, 0.2) is 5.78 Å². The van der Waals surface area contributed by atoms with E-state index in [2.05, 4.69) is 43.3 Å². The zero-order valence-corrected chi connectivity index (χ0v) is 11.6. The fourth-order valence-electron chi connectivity index (χ4n) is 3.12. The van der Waals surface area contributed by atoms with Crippen LogP contribution in [0.5, 0.6) is 0 Å². The van der Waals surface area contributed by atoms with Gasteiger partial charge in [-0.2, -0.15) is 0 Å². The molecule has 100 valence electrons. The molecule has 0 fully saturated rings. The smallest absolute Gasteiger partial charge is 0.163 e. The second kappa shape index (κ2) is 5.46. The van der Waals surface area contributed by atoms with Gasteiger partial charge in [0.25, 0.3) is 0 Å². The van der Waals surface area contributed by atoms with E-state index in [1.807, 2.05) is 30.3 Å². The van der Waals surface area contributed by atoms with Gasteiger partial charge in [-0.3, -0.25) is 4.79 Å². The van der Waals surface area contributed by atoms with Gasteiger partial charge < -0.3 is 0 Å². The first-order valence-corrected chi connectivity index (χ1v) is 7.06. The Morgan fingerprint density at radius 2 is 1.40 bits per heavy atom. The van der Waals surface area contributed by atoms with Crippen LogP contribution in [0.3, 0.4) is 0 Å². The Morgan fingerprint density at radius 3 is 2.00 bits per heavy atom. The number of hydrogen-bond donors (Lipinski definition) is 0. The third kappa shape index (κ3) is 2.44. The van der Waals surface area contributed by atoms with Gasteiger partial charge in [0, 0.05) is 5.92 Å². The molecule has 0 saturated carbocycles. The minimum absolute atomic E-state index is 0.0534. The molecule has 0 heterocycles. The minimum atomic E-state index is -0.0534. The Kier molecular flexibility index (Phi) is 3.51. The van der Waals surface area contributed by atoms with Crippen LogP contribution in [0.15, 0.2) is 72.3 Å². The molecule has 3 rings (SSSR count). The molecule has 2 aromatic rings. The summed E-state index contributed by atoms with van der Waals surface area (Å²) in [6, 6.07) is 20.5. The molecule has 20 heavy (non-hydrogen) atoms. The monoisotopic (exact) mass is 262 g/mol. The Bertz CT molecular complexity index is 625. The van der Waals surface area contributed by atoms with Crippen LogP contribution in [0, 0.1) is 0 Å². The lowest BCUT2D eigenvalue weighted by Gasteiger charge is -2.30. The van der Waals surface area contributed by atoms with E-state index < -0.39 is 0 Å². The molecule has 0 aromatic heterocycles. The van der Waals surface area contributed by atoms with E-state index in [1.165, 1.54) is 11.1 Å². The lowest BCUT2D eigenvalue weighted by atomic mass is 9.72. The molecule has 1 nitrogen and oxygen atoms in total. The third-order valence-corrected chi connectivity index (χ3v) is 4.03. The van der Waals surface area contributed by atoms with Crippen molar-refractivity contribution in [2.75, 3.05) is 0 Å². The zero-order valence-electron chi connectivity index (χ0n) is 11.6. The standard InChI is InChI=1S/C19H18O/c1-14-12-17(15-8-4-2-5-9-15)19(18(20)13-14)16-10-6-3-7-11-16/h2-11,13,17,19H,12H2,1H3. The van der Waals surface area contributed by atoms with Crippen LogP contribution in [0.1, 0.15) is 36.3 Å². The van der Waals surface area contributed by atoms with Crippen LogP contribution in [0.25, 0.3) is 0 Å². The van der Waals surface area contributed by atoms with E-state index in [0.29, 0.717) is 0 Å². The second-order valence-corrected chi connectivity index (χ2v) is 5.50. The number of hydrogen-bond acceptors (Lipinski definition) is 1. The van der Waals surface area contributed by atoms with E-state index in [9.17, 15) is 4.79 Å². The second-order valence-electron chi connectivity index (χ2n) is 5.50. The molecule has 1 aliphatic rings. The van der Waals surface area contributed by atoms with Gasteiger partial charge >= 0.3 is 0 Å². The maximum atomic E-state index is 12.5. The summed E-state index contributed by atoms with van der Waals surface area (Å²) in [7, 11) is 0. The van der Waals surface area contributed by atoms with Crippen LogP contribution in [0.2, 0.25) is 0 Å². The predicted molar refractivity (Wildman–Crippen MR) is 81.7 cm³/mol. The van der Waals surface area contributed by atoms with Gasteiger partial charge in [-0.15, -0.1) is 0 Å². The highest BCUT2D eigenvalue weighted by Gasteiger charge is 2.33. The summed E-state index contributed by atoms with van der Waals surface area (Å²) in [5.41, 5.74) is 3.55. The van der Waals surface area contributed by atoms with E-state index in [-0.39, 0.29) is 17.6 Å². The molecule has 2 aromatic carbocycles. The van der Waals surface area contributed by atoms with E-state index in [1.54, 1.807) is 0 Å². The topological polar surface area (TPSA) is 17.1 Å². The van der Waals surface area contributed by atoms with Crippen molar-refractivity contribution >= 4 is 5.78 Å². The molecular formula is C19H18O. The van der Waals surface area contributed by atoms with Crippen LogP contribution < -0.4 is 0 Å². The fourth-order valence-corrected chi connectivity index (χ4v) is 3.12. The molecule has 0 saturated heterocycles. The van der Waals surface area contributed by atoms with Gasteiger partial charge in [-0.1, -0.05) is 66.2 Å². The molecule has 0 aliphatic heterocycles. The van der Waals surface area contributed by atoms with Crippen LogP contribution in [-0.2, 0) is 4.79 Å². The first-order chi connectivity index (χ1) is 9.75. The highest BCUT2D eigenvalue weighted by Crippen LogP contribution is 2.41. The maximum Gasteiger partial charge on any atom is 0.163 e. The lowest BCUT2D eigenvalue weighted by molar-refractivity contribution is -0.116. The molecule has 0 amide bonds. The highest BCUT2D eigenvalue weighted by atomic mass is 16.1. The quantitative estimate of drug-likeness (QED) is 0.780. The average molecular weight is 262 g/mol. The number of ketones is 1. The summed E-state index contributed by atoms with van der Waals surface area (Å²) in [6.07, 6.45) is 2.77. The number of carbonyl (C=O) groups excluding carboxylic acids is 1. The Morgan fingerprint density at radius 1 is 0.850 bits per heavy atom. The number of benzene rings is 2. The normalized spacial score (nSPS) is 22.4. The number of rotatable bonds is 2. The van der Waals surface area contributed by atoms with Crippen molar-refractivity contribution in [2.24, 2.45) is 0 Å². The summed E-state index contributed by atoms with van der Waals surface area (Å²) in [6.45, 7) is 2.05. The SMILES string of the molecule is CC1=CC(=O)C(c2ccccc2)C(c2ccccc2)C1. The zero-order chi connectivity index (χ0) is 13.9. The largest absolute Gasteiger partial charge is 0.294 e.